The number of amides is 1. The van der Waals surface area contributed by atoms with E-state index in [1.54, 1.807) is 19.1 Å². The zero-order valence-corrected chi connectivity index (χ0v) is 17.5. The predicted molar refractivity (Wildman–Crippen MR) is 112 cm³/mol. The summed E-state index contributed by atoms with van der Waals surface area (Å²) in [5.41, 5.74) is 6.70. The summed E-state index contributed by atoms with van der Waals surface area (Å²) in [6, 6.07) is 3.40. The highest BCUT2D eigenvalue weighted by molar-refractivity contribution is 6.33. The van der Waals surface area contributed by atoms with Crippen LogP contribution in [0.4, 0.5) is 5.69 Å². The van der Waals surface area contributed by atoms with Crippen LogP contribution in [0.15, 0.2) is 12.1 Å². The second kappa shape index (κ2) is 9.05. The Labute approximate surface area is 172 Å². The summed E-state index contributed by atoms with van der Waals surface area (Å²) in [6.07, 6.45) is 1.98. The third-order valence-electron chi connectivity index (χ3n) is 5.31. The Morgan fingerprint density at radius 2 is 2.00 bits per heavy atom. The molecule has 7 heteroatoms. The van der Waals surface area contributed by atoms with E-state index in [4.69, 9.17) is 22.1 Å². The van der Waals surface area contributed by atoms with Crippen molar-refractivity contribution in [1.29, 1.82) is 0 Å². The van der Waals surface area contributed by atoms with E-state index in [9.17, 15) is 4.79 Å². The fourth-order valence-electron chi connectivity index (χ4n) is 4.19. The molecule has 3 N–H and O–H groups in total. The van der Waals surface area contributed by atoms with E-state index in [1.807, 2.05) is 6.92 Å². The highest BCUT2D eigenvalue weighted by Crippen LogP contribution is 2.37. The van der Waals surface area contributed by atoms with Crippen LogP contribution in [0, 0.1) is 23.7 Å². The lowest BCUT2D eigenvalue weighted by atomic mass is 9.92. The highest BCUT2D eigenvalue weighted by Gasteiger charge is 2.42. The van der Waals surface area contributed by atoms with Gasteiger partial charge in [0.25, 0.3) is 5.91 Å². The molecule has 1 aromatic rings. The van der Waals surface area contributed by atoms with Crippen LogP contribution in [-0.2, 0) is 0 Å². The Bertz CT molecular complexity index is 746. The summed E-state index contributed by atoms with van der Waals surface area (Å²) in [5.74, 6) is 6.99. The number of halogens is 2. The van der Waals surface area contributed by atoms with Gasteiger partial charge in [0.05, 0.1) is 16.3 Å². The lowest BCUT2D eigenvalue weighted by Crippen LogP contribution is -2.51. The van der Waals surface area contributed by atoms with E-state index in [-0.39, 0.29) is 30.5 Å². The SMILES string of the molecule is CC#CC(C)Oc1cc(N)c(Cl)cc1C(=O)NC1C2CCC1CN(C)C2.Cl. The molecule has 2 fully saturated rings. The molecule has 1 heterocycles. The fraction of sp³-hybridized carbons (Fsp3) is 0.550. The van der Waals surface area contributed by atoms with Crippen LogP contribution in [0.25, 0.3) is 0 Å². The summed E-state index contributed by atoms with van der Waals surface area (Å²) in [4.78, 5) is 15.3. The van der Waals surface area contributed by atoms with Crippen LogP contribution < -0.4 is 15.8 Å². The molecule has 1 saturated heterocycles. The van der Waals surface area contributed by atoms with Crippen LogP contribution >= 0.6 is 24.0 Å². The van der Waals surface area contributed by atoms with Crippen LogP contribution in [0.5, 0.6) is 5.75 Å². The molecular formula is C20H27Cl2N3O2. The lowest BCUT2D eigenvalue weighted by Gasteiger charge is -2.36. The average molecular weight is 412 g/mol. The molecule has 1 saturated carbocycles. The molecular weight excluding hydrogens is 385 g/mol. The molecule has 1 aromatic carbocycles. The van der Waals surface area contributed by atoms with Crippen molar-refractivity contribution in [2.24, 2.45) is 11.8 Å². The van der Waals surface area contributed by atoms with E-state index < -0.39 is 0 Å². The van der Waals surface area contributed by atoms with Gasteiger partial charge >= 0.3 is 0 Å². The largest absolute Gasteiger partial charge is 0.477 e. The van der Waals surface area contributed by atoms with Gasteiger partial charge in [-0.2, -0.15) is 0 Å². The number of rotatable bonds is 4. The van der Waals surface area contributed by atoms with Gasteiger partial charge in [0.2, 0.25) is 0 Å². The van der Waals surface area contributed by atoms with Crippen molar-refractivity contribution in [3.63, 3.8) is 0 Å². The van der Waals surface area contributed by atoms with Gasteiger partial charge in [0.1, 0.15) is 5.75 Å². The van der Waals surface area contributed by atoms with Gasteiger partial charge in [0, 0.05) is 25.2 Å². The minimum atomic E-state index is -0.341. The second-order valence-electron chi connectivity index (χ2n) is 7.34. The Morgan fingerprint density at radius 1 is 1.37 bits per heavy atom. The number of hydrogen-bond acceptors (Lipinski definition) is 4. The number of piperidine rings is 1. The standard InChI is InChI=1S/C20H26ClN3O2.ClH/c1-4-5-12(2)26-18-9-17(22)16(21)8-15(18)20(25)23-19-13-6-7-14(19)11-24(3)10-13;/h8-9,12-14,19H,6-7,10-11,22H2,1-3H3,(H,23,25);1H. The van der Waals surface area contributed by atoms with E-state index >= 15 is 0 Å². The number of ether oxygens (including phenoxy) is 1. The van der Waals surface area contributed by atoms with Crippen molar-refractivity contribution in [1.82, 2.24) is 10.2 Å². The first-order valence-electron chi connectivity index (χ1n) is 9.06. The van der Waals surface area contributed by atoms with Crippen molar-refractivity contribution in [2.75, 3.05) is 25.9 Å². The number of nitrogens with zero attached hydrogens (tertiary/aromatic N) is 1. The fourth-order valence-corrected chi connectivity index (χ4v) is 4.35. The number of nitrogen functional groups attached to an aromatic ring is 1. The molecule has 2 bridgehead atoms. The number of nitrogens with two attached hydrogens (primary N) is 1. The summed E-state index contributed by atoms with van der Waals surface area (Å²) < 4.78 is 5.84. The molecule has 3 unspecified atom stereocenters. The molecule has 1 amide bonds. The minimum absolute atomic E-state index is 0. The third-order valence-corrected chi connectivity index (χ3v) is 5.64. The Balaban J connectivity index is 0.00000261. The highest BCUT2D eigenvalue weighted by atomic mass is 35.5. The van der Waals surface area contributed by atoms with Crippen molar-refractivity contribution >= 4 is 35.6 Å². The first-order chi connectivity index (χ1) is 12.4. The normalized spacial score (nSPS) is 25.0. The maximum atomic E-state index is 13.0. The van der Waals surface area contributed by atoms with Gasteiger partial charge < -0.3 is 20.7 Å². The molecule has 3 atom stereocenters. The molecule has 1 aliphatic carbocycles. The third kappa shape index (κ3) is 4.82. The molecule has 3 rings (SSSR count). The number of likely N-dealkylation sites (tertiary alicyclic amines) is 1. The van der Waals surface area contributed by atoms with Crippen molar-refractivity contribution in [3.8, 4) is 17.6 Å². The zero-order chi connectivity index (χ0) is 18.8. The Kier molecular flexibility index (Phi) is 7.27. The van der Waals surface area contributed by atoms with Crippen molar-refractivity contribution in [3.05, 3.63) is 22.7 Å². The number of carbonyl (C=O) groups is 1. The zero-order valence-electron chi connectivity index (χ0n) is 15.9. The predicted octanol–water partition coefficient (Wildman–Crippen LogP) is 3.20. The van der Waals surface area contributed by atoms with E-state index in [1.165, 1.54) is 0 Å². The lowest BCUT2D eigenvalue weighted by molar-refractivity contribution is 0.0857. The van der Waals surface area contributed by atoms with Gasteiger partial charge in [-0.25, -0.2) is 0 Å². The van der Waals surface area contributed by atoms with Gasteiger partial charge in [-0.05, 0) is 51.6 Å². The number of benzene rings is 1. The molecule has 27 heavy (non-hydrogen) atoms. The van der Waals surface area contributed by atoms with Crippen LogP contribution in [0.3, 0.4) is 0 Å². The smallest absolute Gasteiger partial charge is 0.255 e. The van der Waals surface area contributed by atoms with Gasteiger partial charge in [0.15, 0.2) is 6.10 Å². The first kappa shape index (κ1) is 21.7. The van der Waals surface area contributed by atoms with Gasteiger partial charge in [-0.15, -0.1) is 18.3 Å². The summed E-state index contributed by atoms with van der Waals surface area (Å²) in [6.45, 7) is 5.63. The summed E-state index contributed by atoms with van der Waals surface area (Å²) >= 11 is 6.16. The molecule has 0 radical (unpaired) electrons. The monoisotopic (exact) mass is 411 g/mol. The topological polar surface area (TPSA) is 67.6 Å². The maximum absolute atomic E-state index is 13.0. The van der Waals surface area contributed by atoms with E-state index in [0.717, 1.165) is 25.9 Å². The minimum Gasteiger partial charge on any atom is -0.477 e. The van der Waals surface area contributed by atoms with Crippen LogP contribution in [0.2, 0.25) is 5.02 Å². The number of hydrogen-bond donors (Lipinski definition) is 2. The molecule has 0 aromatic heterocycles. The number of anilines is 1. The number of nitrogens with one attached hydrogen (secondary N) is 1. The second-order valence-corrected chi connectivity index (χ2v) is 7.75. The molecule has 1 aliphatic heterocycles. The Morgan fingerprint density at radius 3 is 2.59 bits per heavy atom. The quantitative estimate of drug-likeness (QED) is 0.589. The van der Waals surface area contributed by atoms with E-state index in [2.05, 4.69) is 29.1 Å². The van der Waals surface area contributed by atoms with Gasteiger partial charge in [-0.1, -0.05) is 17.5 Å². The Hall–Kier alpha value is -1.61. The summed E-state index contributed by atoms with van der Waals surface area (Å²) in [5, 5.41) is 3.58. The van der Waals surface area contributed by atoms with Crippen molar-refractivity contribution in [2.45, 2.75) is 38.8 Å². The first-order valence-corrected chi connectivity index (χ1v) is 9.44. The van der Waals surface area contributed by atoms with Crippen LogP contribution in [0.1, 0.15) is 37.0 Å². The molecule has 2 aliphatic rings. The molecule has 148 valence electrons. The number of carbonyl (C=O) groups excluding carboxylic acids is 1. The summed E-state index contributed by atoms with van der Waals surface area (Å²) in [7, 11) is 2.14. The average Bonchev–Trinajstić information content (AvgIpc) is 2.81. The molecule has 5 nitrogen and oxygen atoms in total. The van der Waals surface area contributed by atoms with Crippen molar-refractivity contribution < 1.29 is 9.53 Å². The number of fused-ring (bicyclic) bond motifs is 2. The maximum Gasteiger partial charge on any atom is 0.255 e. The molecule has 0 spiro atoms. The van der Waals surface area contributed by atoms with Gasteiger partial charge in [-0.3, -0.25) is 4.79 Å². The van der Waals surface area contributed by atoms with Crippen LogP contribution in [-0.4, -0.2) is 43.1 Å². The van der Waals surface area contributed by atoms with E-state index in [0.29, 0.717) is 33.9 Å².